The number of carbonyl (C=O) groups is 1. The van der Waals surface area contributed by atoms with Crippen LogP contribution in [-0.2, 0) is 4.79 Å². The van der Waals surface area contributed by atoms with Crippen molar-refractivity contribution in [2.45, 2.75) is 6.10 Å². The Bertz CT molecular complexity index is 896. The number of amides is 1. The zero-order valence-electron chi connectivity index (χ0n) is 11.8. The van der Waals surface area contributed by atoms with E-state index in [0.29, 0.717) is 16.6 Å². The Morgan fingerprint density at radius 1 is 1.22 bits per heavy atom. The summed E-state index contributed by atoms with van der Waals surface area (Å²) in [5.41, 5.74) is 0.832. The van der Waals surface area contributed by atoms with Crippen LogP contribution in [0.15, 0.2) is 46.9 Å². The highest BCUT2D eigenvalue weighted by molar-refractivity contribution is 9.10. The summed E-state index contributed by atoms with van der Waals surface area (Å²) >= 11 is 4.88. The van der Waals surface area contributed by atoms with Crippen LogP contribution in [0.1, 0.15) is 0 Å². The third-order valence-corrected chi connectivity index (χ3v) is 4.98. The average molecular weight is 391 g/mol. The zero-order valence-corrected chi connectivity index (χ0v) is 14.2. The molecule has 1 amide bonds. The van der Waals surface area contributed by atoms with E-state index in [1.54, 1.807) is 6.07 Å². The van der Waals surface area contributed by atoms with E-state index in [-0.39, 0.29) is 12.5 Å². The number of aromatic nitrogens is 1. The number of nitrogens with zero attached hydrogens (tertiary/aromatic N) is 1. The highest BCUT2D eigenvalue weighted by Gasteiger charge is 2.28. The van der Waals surface area contributed by atoms with Gasteiger partial charge < -0.3 is 9.47 Å². The Morgan fingerprint density at radius 3 is 2.87 bits per heavy atom. The maximum absolute atomic E-state index is 12.4. The van der Waals surface area contributed by atoms with Crippen LogP contribution in [0, 0.1) is 0 Å². The van der Waals surface area contributed by atoms with Crippen LogP contribution in [0.5, 0.6) is 11.5 Å². The van der Waals surface area contributed by atoms with Gasteiger partial charge in [0.1, 0.15) is 6.61 Å². The van der Waals surface area contributed by atoms with Gasteiger partial charge in [-0.3, -0.25) is 10.1 Å². The number of ether oxygens (including phenoxy) is 2. The van der Waals surface area contributed by atoms with Crippen molar-refractivity contribution in [2.24, 2.45) is 0 Å². The molecule has 0 spiro atoms. The molecule has 1 N–H and O–H groups in total. The molecule has 0 aliphatic carbocycles. The summed E-state index contributed by atoms with van der Waals surface area (Å²) in [6.45, 7) is 0.178. The lowest BCUT2D eigenvalue weighted by molar-refractivity contribution is -0.125. The fourth-order valence-electron chi connectivity index (χ4n) is 2.30. The maximum atomic E-state index is 12.4. The molecule has 5 nitrogen and oxygen atoms in total. The molecular formula is C16H11BrN2O3S. The van der Waals surface area contributed by atoms with Crippen LogP contribution >= 0.6 is 27.3 Å². The molecule has 0 radical (unpaired) electrons. The van der Waals surface area contributed by atoms with Crippen molar-refractivity contribution in [3.05, 3.63) is 46.9 Å². The van der Waals surface area contributed by atoms with Crippen LogP contribution in [0.4, 0.5) is 5.13 Å². The molecule has 1 aliphatic heterocycles. The normalized spacial score (nSPS) is 16.3. The first kappa shape index (κ1) is 14.5. The number of hydrogen-bond donors (Lipinski definition) is 1. The molecule has 2 aromatic carbocycles. The summed E-state index contributed by atoms with van der Waals surface area (Å²) in [5, 5.41) is 3.34. The average Bonchev–Trinajstić information content (AvgIpc) is 2.98. The molecule has 3 aromatic rings. The van der Waals surface area contributed by atoms with E-state index in [4.69, 9.17) is 9.47 Å². The minimum atomic E-state index is -0.694. The molecule has 2 heterocycles. The van der Waals surface area contributed by atoms with Gasteiger partial charge in [-0.25, -0.2) is 4.98 Å². The Hall–Kier alpha value is -2.12. The van der Waals surface area contributed by atoms with E-state index in [1.807, 2.05) is 36.4 Å². The molecule has 0 fully saturated rings. The molecule has 1 atom stereocenters. The lowest BCUT2D eigenvalue weighted by Gasteiger charge is -2.25. The molecule has 1 aromatic heterocycles. The Labute approximate surface area is 144 Å². The van der Waals surface area contributed by atoms with E-state index in [9.17, 15) is 4.79 Å². The predicted octanol–water partition coefficient (Wildman–Crippen LogP) is 3.84. The van der Waals surface area contributed by atoms with Crippen molar-refractivity contribution < 1.29 is 14.3 Å². The van der Waals surface area contributed by atoms with Gasteiger partial charge in [0.25, 0.3) is 5.91 Å². The lowest BCUT2D eigenvalue weighted by Crippen LogP contribution is -2.40. The number of para-hydroxylation sites is 3. The summed E-state index contributed by atoms with van der Waals surface area (Å²) in [4.78, 5) is 16.8. The minimum absolute atomic E-state index is 0.178. The van der Waals surface area contributed by atoms with Crippen LogP contribution < -0.4 is 14.8 Å². The van der Waals surface area contributed by atoms with Gasteiger partial charge in [0.15, 0.2) is 16.6 Å². The van der Waals surface area contributed by atoms with E-state index >= 15 is 0 Å². The van der Waals surface area contributed by atoms with E-state index < -0.39 is 6.10 Å². The fraction of sp³-hybridized carbons (Fsp3) is 0.125. The predicted molar refractivity (Wildman–Crippen MR) is 92.3 cm³/mol. The Balaban J connectivity index is 1.52. The largest absolute Gasteiger partial charge is 0.485 e. The number of carbonyl (C=O) groups excluding carboxylic acids is 1. The summed E-state index contributed by atoms with van der Waals surface area (Å²) in [6, 6.07) is 13.1. The van der Waals surface area contributed by atoms with Crippen LogP contribution in [0.3, 0.4) is 0 Å². The van der Waals surface area contributed by atoms with Crippen LogP contribution in [0.2, 0.25) is 0 Å². The van der Waals surface area contributed by atoms with Gasteiger partial charge in [-0.15, -0.1) is 0 Å². The summed E-state index contributed by atoms with van der Waals surface area (Å²) in [7, 11) is 0. The van der Waals surface area contributed by atoms with E-state index in [1.165, 1.54) is 11.3 Å². The molecule has 1 aliphatic rings. The number of rotatable bonds is 2. The quantitative estimate of drug-likeness (QED) is 0.721. The van der Waals surface area contributed by atoms with Gasteiger partial charge in [-0.05, 0) is 40.2 Å². The number of halogens is 1. The van der Waals surface area contributed by atoms with Gasteiger partial charge in [0.2, 0.25) is 6.10 Å². The summed E-state index contributed by atoms with van der Waals surface area (Å²) in [6.07, 6.45) is -0.694. The van der Waals surface area contributed by atoms with Gasteiger partial charge in [0, 0.05) is 4.47 Å². The molecule has 0 saturated carbocycles. The van der Waals surface area contributed by atoms with Gasteiger partial charge >= 0.3 is 0 Å². The van der Waals surface area contributed by atoms with Crippen LogP contribution in [0.25, 0.3) is 10.2 Å². The molecule has 0 saturated heterocycles. The number of fused-ring (bicyclic) bond motifs is 2. The first-order valence-corrected chi connectivity index (χ1v) is 8.56. The molecule has 7 heteroatoms. The molecular weight excluding hydrogens is 380 g/mol. The highest BCUT2D eigenvalue weighted by atomic mass is 79.9. The van der Waals surface area contributed by atoms with Crippen molar-refractivity contribution in [3.8, 4) is 11.5 Å². The Kier molecular flexibility index (Phi) is 3.66. The minimum Gasteiger partial charge on any atom is -0.485 e. The highest BCUT2D eigenvalue weighted by Crippen LogP contribution is 2.33. The SMILES string of the molecule is O=C(Nc1nc2c(Br)cccc2s1)[C@@H]1COc2ccccc2O1. The third-order valence-electron chi connectivity index (χ3n) is 3.40. The number of benzene rings is 2. The summed E-state index contributed by atoms with van der Waals surface area (Å²) in [5.74, 6) is 0.959. The van der Waals surface area contributed by atoms with Crippen molar-refractivity contribution in [1.29, 1.82) is 0 Å². The van der Waals surface area contributed by atoms with Gasteiger partial charge in [-0.2, -0.15) is 0 Å². The van der Waals surface area contributed by atoms with E-state index in [2.05, 4.69) is 26.2 Å². The monoisotopic (exact) mass is 390 g/mol. The number of hydrogen-bond acceptors (Lipinski definition) is 5. The van der Waals surface area contributed by atoms with Crippen molar-refractivity contribution in [3.63, 3.8) is 0 Å². The second kappa shape index (κ2) is 5.82. The van der Waals surface area contributed by atoms with E-state index in [0.717, 1.165) is 14.7 Å². The number of anilines is 1. The van der Waals surface area contributed by atoms with Crippen molar-refractivity contribution in [1.82, 2.24) is 4.98 Å². The molecule has 0 bridgehead atoms. The Morgan fingerprint density at radius 2 is 2.04 bits per heavy atom. The molecule has 4 rings (SSSR count). The van der Waals surface area contributed by atoms with Gasteiger partial charge in [-0.1, -0.05) is 29.5 Å². The molecule has 0 unspecified atom stereocenters. The fourth-order valence-corrected chi connectivity index (χ4v) is 3.78. The first-order valence-electron chi connectivity index (χ1n) is 6.95. The second-order valence-electron chi connectivity index (χ2n) is 4.96. The third kappa shape index (κ3) is 2.77. The maximum Gasteiger partial charge on any atom is 0.270 e. The van der Waals surface area contributed by atoms with Crippen molar-refractivity contribution in [2.75, 3.05) is 11.9 Å². The van der Waals surface area contributed by atoms with Crippen LogP contribution in [-0.4, -0.2) is 23.6 Å². The topological polar surface area (TPSA) is 60.5 Å². The number of thiazole rings is 1. The summed E-state index contributed by atoms with van der Waals surface area (Å²) < 4.78 is 13.2. The van der Waals surface area contributed by atoms with Gasteiger partial charge in [0.05, 0.1) is 10.2 Å². The lowest BCUT2D eigenvalue weighted by atomic mass is 10.2. The smallest absolute Gasteiger partial charge is 0.270 e. The second-order valence-corrected chi connectivity index (χ2v) is 6.84. The standard InChI is InChI=1S/C16H11BrN2O3S/c17-9-4-3-7-13-14(9)18-16(23-13)19-15(20)12-8-21-10-5-1-2-6-11(10)22-12/h1-7,12H,8H2,(H,18,19,20)/t12-/m0/s1. The molecule has 23 heavy (non-hydrogen) atoms. The zero-order chi connectivity index (χ0) is 15.8. The first-order chi connectivity index (χ1) is 11.2. The number of nitrogens with one attached hydrogen (secondary N) is 1. The van der Waals surface area contributed by atoms with Crippen molar-refractivity contribution >= 4 is 48.5 Å². The molecule has 116 valence electrons.